The van der Waals surface area contributed by atoms with Gasteiger partial charge in [-0.25, -0.2) is 9.37 Å². The average molecular weight is 506 g/mol. The lowest BCUT2D eigenvalue weighted by molar-refractivity contribution is -0.143. The summed E-state index contributed by atoms with van der Waals surface area (Å²) in [7, 11) is 1.66. The first kappa shape index (κ1) is 24.8. The summed E-state index contributed by atoms with van der Waals surface area (Å²) < 4.78 is 20.2. The minimum atomic E-state index is -0.205. The lowest BCUT2D eigenvalue weighted by atomic mass is 9.64. The number of nitrogens with one attached hydrogen (secondary N) is 1. The third kappa shape index (κ3) is 4.45. The SMILES string of the molecule is COc1ccc2c(n1)CCC[C@]21CNC[C@H]1C(=O)N1CC[C@@H](c2ccccc2F)C[C@H]1C1CCCCC1. The van der Waals surface area contributed by atoms with Crippen LogP contribution in [0.1, 0.15) is 80.5 Å². The van der Waals surface area contributed by atoms with Crippen molar-refractivity contribution < 1.29 is 13.9 Å². The van der Waals surface area contributed by atoms with Crippen molar-refractivity contribution in [3.8, 4) is 5.88 Å². The highest BCUT2D eigenvalue weighted by atomic mass is 19.1. The highest BCUT2D eigenvalue weighted by Crippen LogP contribution is 2.47. The van der Waals surface area contributed by atoms with E-state index in [1.165, 1.54) is 37.7 Å². The van der Waals surface area contributed by atoms with Crippen LogP contribution in [0.5, 0.6) is 5.88 Å². The predicted molar refractivity (Wildman–Crippen MR) is 142 cm³/mol. The Bertz CT molecular complexity index is 1130. The second kappa shape index (κ2) is 10.4. The van der Waals surface area contributed by atoms with Crippen molar-refractivity contribution in [3.05, 3.63) is 59.0 Å². The maximum Gasteiger partial charge on any atom is 0.228 e. The number of likely N-dealkylation sites (tertiary alicyclic amines) is 1. The van der Waals surface area contributed by atoms with Gasteiger partial charge < -0.3 is 15.0 Å². The molecule has 2 aliphatic carbocycles. The number of ether oxygens (including phenoxy) is 1. The third-order valence-corrected chi connectivity index (χ3v) is 9.95. The molecule has 1 aromatic heterocycles. The molecule has 0 bridgehead atoms. The number of fused-ring (bicyclic) bond motifs is 2. The predicted octanol–water partition coefficient (Wildman–Crippen LogP) is 5.38. The van der Waals surface area contributed by atoms with E-state index in [4.69, 9.17) is 9.72 Å². The van der Waals surface area contributed by atoms with Crippen LogP contribution >= 0.6 is 0 Å². The van der Waals surface area contributed by atoms with Crippen LogP contribution in [0.25, 0.3) is 0 Å². The number of aryl methyl sites for hydroxylation is 1. The first-order valence-electron chi connectivity index (χ1n) is 14.4. The second-order valence-corrected chi connectivity index (χ2v) is 11.8. The fraction of sp³-hybridized carbons (Fsp3) is 0.613. The average Bonchev–Trinajstić information content (AvgIpc) is 3.36. The molecule has 1 aromatic carbocycles. The number of carbonyl (C=O) groups is 1. The van der Waals surface area contributed by atoms with Crippen molar-refractivity contribution in [2.75, 3.05) is 26.7 Å². The van der Waals surface area contributed by atoms with Crippen LogP contribution in [0.3, 0.4) is 0 Å². The summed E-state index contributed by atoms with van der Waals surface area (Å²) >= 11 is 0. The first-order chi connectivity index (χ1) is 18.1. The molecule has 0 radical (unpaired) electrons. The van der Waals surface area contributed by atoms with Crippen LogP contribution in [-0.2, 0) is 16.6 Å². The number of nitrogens with zero attached hydrogens (tertiary/aromatic N) is 2. The molecule has 2 saturated heterocycles. The Labute approximate surface area is 220 Å². The molecule has 0 unspecified atom stereocenters. The van der Waals surface area contributed by atoms with E-state index in [1.807, 2.05) is 18.2 Å². The molecule has 1 saturated carbocycles. The zero-order chi connectivity index (χ0) is 25.4. The van der Waals surface area contributed by atoms with Crippen molar-refractivity contribution >= 4 is 5.91 Å². The highest BCUT2D eigenvalue weighted by molar-refractivity contribution is 5.82. The maximum atomic E-state index is 14.8. The van der Waals surface area contributed by atoms with Gasteiger partial charge in [0.25, 0.3) is 0 Å². The summed E-state index contributed by atoms with van der Waals surface area (Å²) in [6, 6.07) is 11.6. The molecule has 2 aliphatic heterocycles. The summed E-state index contributed by atoms with van der Waals surface area (Å²) in [4.78, 5) is 21.6. The second-order valence-electron chi connectivity index (χ2n) is 11.8. The van der Waals surface area contributed by atoms with Gasteiger partial charge in [0, 0.05) is 42.9 Å². The fourth-order valence-corrected chi connectivity index (χ4v) is 8.10. The van der Waals surface area contributed by atoms with Gasteiger partial charge in [0.2, 0.25) is 11.8 Å². The lowest BCUT2D eigenvalue weighted by Crippen LogP contribution is -2.55. The van der Waals surface area contributed by atoms with Gasteiger partial charge in [0.05, 0.1) is 13.0 Å². The maximum absolute atomic E-state index is 14.8. The van der Waals surface area contributed by atoms with E-state index in [2.05, 4.69) is 16.3 Å². The smallest absolute Gasteiger partial charge is 0.228 e. The molecule has 37 heavy (non-hydrogen) atoms. The lowest BCUT2D eigenvalue weighted by Gasteiger charge is -2.48. The van der Waals surface area contributed by atoms with E-state index in [-0.39, 0.29) is 29.1 Å². The van der Waals surface area contributed by atoms with E-state index >= 15 is 0 Å². The van der Waals surface area contributed by atoms with E-state index in [9.17, 15) is 9.18 Å². The van der Waals surface area contributed by atoms with E-state index in [0.29, 0.717) is 17.7 Å². The van der Waals surface area contributed by atoms with Gasteiger partial charge >= 0.3 is 0 Å². The van der Waals surface area contributed by atoms with Gasteiger partial charge in [-0.15, -0.1) is 0 Å². The van der Waals surface area contributed by atoms with Gasteiger partial charge in [-0.3, -0.25) is 4.79 Å². The van der Waals surface area contributed by atoms with Crippen LogP contribution in [0.4, 0.5) is 4.39 Å². The molecule has 5 nitrogen and oxygen atoms in total. The number of benzene rings is 1. The fourth-order valence-electron chi connectivity index (χ4n) is 8.10. The van der Waals surface area contributed by atoms with Crippen LogP contribution < -0.4 is 10.1 Å². The van der Waals surface area contributed by atoms with Gasteiger partial charge in [0.1, 0.15) is 5.82 Å². The molecular weight excluding hydrogens is 465 g/mol. The minimum Gasteiger partial charge on any atom is -0.481 e. The monoisotopic (exact) mass is 505 g/mol. The number of piperidine rings is 1. The Morgan fingerprint density at radius 1 is 1.11 bits per heavy atom. The standard InChI is InChI=1S/C31H40FN3O2/c1-37-29-14-13-24-27(34-29)12-7-16-31(24)20-33-19-25(31)30(36)35-17-15-22(23-10-5-6-11-26(23)32)18-28(35)21-8-3-2-4-9-21/h5-6,10-11,13-14,21-22,25,28,33H,2-4,7-9,12,15-20H2,1H3/t22-,25+,28+,31+/m1/s1. The molecule has 1 N–H and O–H groups in total. The number of hydrogen-bond donors (Lipinski definition) is 1. The van der Waals surface area contributed by atoms with Crippen LogP contribution in [0.2, 0.25) is 0 Å². The van der Waals surface area contributed by atoms with E-state index in [0.717, 1.165) is 63.0 Å². The number of rotatable bonds is 4. The van der Waals surface area contributed by atoms with Crippen molar-refractivity contribution in [2.24, 2.45) is 11.8 Å². The Morgan fingerprint density at radius 3 is 2.76 bits per heavy atom. The number of halogens is 1. The summed E-state index contributed by atoms with van der Waals surface area (Å²) in [6.45, 7) is 2.26. The number of methoxy groups -OCH3 is 1. The largest absolute Gasteiger partial charge is 0.481 e. The number of aromatic nitrogens is 1. The van der Waals surface area contributed by atoms with E-state index < -0.39 is 0 Å². The number of hydrogen-bond acceptors (Lipinski definition) is 4. The topological polar surface area (TPSA) is 54.5 Å². The molecule has 3 heterocycles. The van der Waals surface area contributed by atoms with Crippen LogP contribution in [0, 0.1) is 17.7 Å². The molecule has 1 spiro atoms. The highest BCUT2D eigenvalue weighted by Gasteiger charge is 2.52. The minimum absolute atomic E-state index is 0.0853. The summed E-state index contributed by atoms with van der Waals surface area (Å²) in [5.41, 5.74) is 2.95. The molecule has 3 fully saturated rings. The molecule has 4 atom stereocenters. The first-order valence-corrected chi connectivity index (χ1v) is 14.4. The third-order valence-electron chi connectivity index (χ3n) is 9.95. The number of pyridine rings is 1. The Balaban J connectivity index is 1.31. The summed E-state index contributed by atoms with van der Waals surface area (Å²) in [6.07, 6.45) is 10.8. The normalized spacial score (nSPS) is 30.3. The zero-order valence-electron chi connectivity index (χ0n) is 22.1. The van der Waals surface area contributed by atoms with Crippen LogP contribution in [-0.4, -0.2) is 48.6 Å². The van der Waals surface area contributed by atoms with Gasteiger partial charge in [-0.05, 0) is 74.0 Å². The van der Waals surface area contributed by atoms with Gasteiger partial charge in [-0.1, -0.05) is 43.5 Å². The summed E-state index contributed by atoms with van der Waals surface area (Å²) in [5, 5.41) is 3.60. The molecular formula is C31H40FN3O2. The van der Waals surface area contributed by atoms with E-state index in [1.54, 1.807) is 19.2 Å². The Kier molecular flexibility index (Phi) is 6.95. The van der Waals surface area contributed by atoms with Crippen molar-refractivity contribution in [1.29, 1.82) is 0 Å². The molecule has 6 heteroatoms. The molecule has 6 rings (SSSR count). The number of carbonyl (C=O) groups excluding carboxylic acids is 1. The molecule has 198 valence electrons. The Hall–Kier alpha value is -2.47. The quantitative estimate of drug-likeness (QED) is 0.606. The van der Waals surface area contributed by atoms with Crippen LogP contribution in [0.15, 0.2) is 36.4 Å². The van der Waals surface area contributed by atoms with Crippen molar-refractivity contribution in [2.45, 2.75) is 81.6 Å². The van der Waals surface area contributed by atoms with Gasteiger partial charge in [0.15, 0.2) is 0 Å². The molecule has 1 amide bonds. The summed E-state index contributed by atoms with van der Waals surface area (Å²) in [5.74, 6) is 1.46. The number of amides is 1. The zero-order valence-corrected chi connectivity index (χ0v) is 22.1. The van der Waals surface area contributed by atoms with Gasteiger partial charge in [-0.2, -0.15) is 0 Å². The van der Waals surface area contributed by atoms with Crippen molar-refractivity contribution in [1.82, 2.24) is 15.2 Å². The molecule has 2 aromatic rings. The van der Waals surface area contributed by atoms with Crippen molar-refractivity contribution in [3.63, 3.8) is 0 Å². The molecule has 4 aliphatic rings. The Morgan fingerprint density at radius 2 is 1.95 bits per heavy atom.